The predicted octanol–water partition coefficient (Wildman–Crippen LogP) is -0.0254. The Labute approximate surface area is 85.7 Å². The van der Waals surface area contributed by atoms with Crippen LogP contribution in [0.1, 0.15) is 16.2 Å². The van der Waals surface area contributed by atoms with E-state index < -0.39 is 5.97 Å². The van der Waals surface area contributed by atoms with Crippen LogP contribution in [0.2, 0.25) is 0 Å². The number of nitrogens with two attached hydrogens (primary N) is 1. The molecular weight excluding hydrogens is 196 g/mol. The fourth-order valence-corrected chi connectivity index (χ4v) is 1.32. The van der Waals surface area contributed by atoms with Gasteiger partial charge in [0.15, 0.2) is 11.5 Å². The van der Waals surface area contributed by atoms with Crippen LogP contribution in [0.4, 0.5) is 0 Å². The van der Waals surface area contributed by atoms with Crippen molar-refractivity contribution < 1.29 is 9.53 Å². The molecule has 2 N–H and O–H groups in total. The van der Waals surface area contributed by atoms with E-state index in [0.717, 1.165) is 0 Å². The second-order valence-corrected chi connectivity index (χ2v) is 2.96. The van der Waals surface area contributed by atoms with Crippen LogP contribution in [0.15, 0.2) is 18.3 Å². The van der Waals surface area contributed by atoms with Gasteiger partial charge >= 0.3 is 5.97 Å². The smallest absolute Gasteiger partial charge is 0.338 e. The largest absolute Gasteiger partial charge is 0.465 e. The number of carbonyl (C=O) groups is 1. The van der Waals surface area contributed by atoms with Gasteiger partial charge in [-0.15, -0.1) is 10.2 Å². The van der Waals surface area contributed by atoms with Gasteiger partial charge in [0.25, 0.3) is 0 Å². The van der Waals surface area contributed by atoms with Crippen LogP contribution in [0.25, 0.3) is 5.65 Å². The molecule has 0 fully saturated rings. The highest BCUT2D eigenvalue weighted by Crippen LogP contribution is 2.08. The molecule has 0 amide bonds. The minimum absolute atomic E-state index is 0.304. The fraction of sp³-hybridized carbons (Fsp3) is 0.222. The molecule has 0 aliphatic heterocycles. The summed E-state index contributed by atoms with van der Waals surface area (Å²) in [6.07, 6.45) is 1.70. The van der Waals surface area contributed by atoms with E-state index in [9.17, 15) is 4.79 Å². The number of aromatic nitrogens is 3. The molecule has 0 atom stereocenters. The summed E-state index contributed by atoms with van der Waals surface area (Å²) in [5, 5.41) is 7.77. The van der Waals surface area contributed by atoms with Gasteiger partial charge in [-0.1, -0.05) is 0 Å². The number of methoxy groups -OCH3 is 1. The second kappa shape index (κ2) is 3.66. The molecule has 0 bridgehead atoms. The molecule has 0 aliphatic carbocycles. The summed E-state index contributed by atoms with van der Waals surface area (Å²) in [6.45, 7) is 0.304. The maximum absolute atomic E-state index is 11.2. The van der Waals surface area contributed by atoms with Crippen molar-refractivity contribution in [3.05, 3.63) is 29.7 Å². The standard InChI is InChI=1S/C9H10N4O2/c1-15-9(14)6-2-3-13-7(4-6)11-12-8(13)5-10/h2-4H,5,10H2,1H3. The summed E-state index contributed by atoms with van der Waals surface area (Å²) in [4.78, 5) is 11.2. The van der Waals surface area contributed by atoms with Crippen LogP contribution in [-0.2, 0) is 11.3 Å². The van der Waals surface area contributed by atoms with Crippen molar-refractivity contribution in [2.24, 2.45) is 5.73 Å². The molecule has 0 aliphatic rings. The van der Waals surface area contributed by atoms with Gasteiger partial charge in [0, 0.05) is 6.20 Å². The van der Waals surface area contributed by atoms with Crippen LogP contribution in [0.3, 0.4) is 0 Å². The highest BCUT2D eigenvalue weighted by Gasteiger charge is 2.09. The van der Waals surface area contributed by atoms with Crippen LogP contribution in [0.5, 0.6) is 0 Å². The summed E-state index contributed by atoms with van der Waals surface area (Å²) >= 11 is 0. The van der Waals surface area contributed by atoms with Crippen molar-refractivity contribution >= 4 is 11.6 Å². The van der Waals surface area contributed by atoms with Gasteiger partial charge in [-0.25, -0.2) is 4.79 Å². The molecule has 0 saturated carbocycles. The molecule has 0 spiro atoms. The second-order valence-electron chi connectivity index (χ2n) is 2.96. The molecule has 6 nitrogen and oxygen atoms in total. The maximum atomic E-state index is 11.2. The Kier molecular flexibility index (Phi) is 2.34. The number of nitrogens with zero attached hydrogens (tertiary/aromatic N) is 3. The minimum atomic E-state index is -0.394. The van der Waals surface area contributed by atoms with E-state index in [-0.39, 0.29) is 0 Å². The minimum Gasteiger partial charge on any atom is -0.465 e. The van der Waals surface area contributed by atoms with Gasteiger partial charge in [0.2, 0.25) is 0 Å². The van der Waals surface area contributed by atoms with Crippen molar-refractivity contribution in [2.75, 3.05) is 7.11 Å². The number of fused-ring (bicyclic) bond motifs is 1. The molecule has 0 unspecified atom stereocenters. The van der Waals surface area contributed by atoms with Crippen LogP contribution < -0.4 is 5.73 Å². The Morgan fingerprint density at radius 2 is 2.40 bits per heavy atom. The van der Waals surface area contributed by atoms with Crippen molar-refractivity contribution in [1.29, 1.82) is 0 Å². The first-order chi connectivity index (χ1) is 7.26. The molecule has 0 aromatic carbocycles. The number of hydrogen-bond acceptors (Lipinski definition) is 5. The van der Waals surface area contributed by atoms with Crippen molar-refractivity contribution in [3.63, 3.8) is 0 Å². The van der Waals surface area contributed by atoms with E-state index in [1.807, 2.05) is 0 Å². The Balaban J connectivity index is 2.53. The van der Waals surface area contributed by atoms with Crippen molar-refractivity contribution in [2.45, 2.75) is 6.54 Å². The Bertz CT molecular complexity index is 506. The molecule has 78 valence electrons. The summed E-state index contributed by atoms with van der Waals surface area (Å²) in [5.41, 5.74) is 6.50. The van der Waals surface area contributed by atoms with Gasteiger partial charge in [0.1, 0.15) is 0 Å². The van der Waals surface area contributed by atoms with E-state index in [1.54, 1.807) is 22.7 Å². The molecule has 6 heteroatoms. The Morgan fingerprint density at radius 3 is 3.07 bits per heavy atom. The molecule has 0 radical (unpaired) electrons. The van der Waals surface area contributed by atoms with Gasteiger partial charge < -0.3 is 10.5 Å². The summed E-state index contributed by atoms with van der Waals surface area (Å²) in [6, 6.07) is 3.25. The first-order valence-corrected chi connectivity index (χ1v) is 4.38. The van der Waals surface area contributed by atoms with E-state index >= 15 is 0 Å². The van der Waals surface area contributed by atoms with E-state index in [4.69, 9.17) is 5.73 Å². The summed E-state index contributed by atoms with van der Waals surface area (Å²) in [7, 11) is 1.33. The molecule has 2 aromatic heterocycles. The van der Waals surface area contributed by atoms with Crippen LogP contribution in [-0.4, -0.2) is 27.7 Å². The first kappa shape index (κ1) is 9.60. The topological polar surface area (TPSA) is 82.5 Å². The maximum Gasteiger partial charge on any atom is 0.338 e. The molecule has 2 heterocycles. The highest BCUT2D eigenvalue weighted by molar-refractivity contribution is 5.90. The normalized spacial score (nSPS) is 10.5. The number of ether oxygens (including phenoxy) is 1. The molecule has 15 heavy (non-hydrogen) atoms. The quantitative estimate of drug-likeness (QED) is 0.698. The zero-order chi connectivity index (χ0) is 10.8. The average Bonchev–Trinajstić information content (AvgIpc) is 2.69. The molecule has 0 saturated heterocycles. The lowest BCUT2D eigenvalue weighted by Gasteiger charge is -2.00. The predicted molar refractivity (Wildman–Crippen MR) is 52.2 cm³/mol. The fourth-order valence-electron chi connectivity index (χ4n) is 1.32. The number of esters is 1. The van der Waals surface area contributed by atoms with Gasteiger partial charge in [-0.05, 0) is 12.1 Å². The lowest BCUT2D eigenvalue weighted by Crippen LogP contribution is -2.04. The van der Waals surface area contributed by atoms with Gasteiger partial charge in [-0.3, -0.25) is 4.40 Å². The third kappa shape index (κ3) is 1.55. The van der Waals surface area contributed by atoms with Crippen LogP contribution in [0, 0.1) is 0 Å². The van der Waals surface area contributed by atoms with E-state index in [1.165, 1.54) is 7.11 Å². The Morgan fingerprint density at radius 1 is 1.60 bits per heavy atom. The van der Waals surface area contributed by atoms with Crippen molar-refractivity contribution in [3.8, 4) is 0 Å². The first-order valence-electron chi connectivity index (χ1n) is 4.38. The molecule has 2 rings (SSSR count). The number of hydrogen-bond donors (Lipinski definition) is 1. The van der Waals surface area contributed by atoms with E-state index in [2.05, 4.69) is 14.9 Å². The van der Waals surface area contributed by atoms with Crippen LogP contribution >= 0.6 is 0 Å². The number of carbonyl (C=O) groups excluding carboxylic acids is 1. The number of rotatable bonds is 2. The lowest BCUT2D eigenvalue weighted by molar-refractivity contribution is 0.0600. The average molecular weight is 206 g/mol. The van der Waals surface area contributed by atoms with E-state index in [0.29, 0.717) is 23.6 Å². The Hall–Kier alpha value is -1.95. The number of pyridine rings is 1. The van der Waals surface area contributed by atoms with Gasteiger partial charge in [0.05, 0.1) is 19.2 Å². The lowest BCUT2D eigenvalue weighted by atomic mass is 10.2. The summed E-state index contributed by atoms with van der Waals surface area (Å²) < 4.78 is 6.33. The monoisotopic (exact) mass is 206 g/mol. The SMILES string of the molecule is COC(=O)c1ccn2c(CN)nnc2c1. The zero-order valence-corrected chi connectivity index (χ0v) is 8.17. The van der Waals surface area contributed by atoms with Crippen molar-refractivity contribution in [1.82, 2.24) is 14.6 Å². The molecule has 2 aromatic rings. The summed E-state index contributed by atoms with van der Waals surface area (Å²) in [5.74, 6) is 0.260. The van der Waals surface area contributed by atoms with Gasteiger partial charge in [-0.2, -0.15) is 0 Å². The molecular formula is C9H10N4O2. The third-order valence-corrected chi connectivity index (χ3v) is 2.08. The zero-order valence-electron chi connectivity index (χ0n) is 8.17. The third-order valence-electron chi connectivity index (χ3n) is 2.08. The highest BCUT2D eigenvalue weighted by atomic mass is 16.5.